The molecular weight excluding hydrogens is 274 g/mol. The minimum atomic E-state index is -0.00381. The number of rotatable bonds is 5. The summed E-state index contributed by atoms with van der Waals surface area (Å²) in [5.41, 5.74) is 0.471. The van der Waals surface area contributed by atoms with Crippen molar-refractivity contribution < 1.29 is 4.79 Å². The molecule has 2 heterocycles. The lowest BCUT2D eigenvalue weighted by atomic mass is 10.0. The molecule has 20 heavy (non-hydrogen) atoms. The zero-order valence-electron chi connectivity index (χ0n) is 11.9. The number of carbonyl (C=O) groups excluding carboxylic acids is 1. The molecule has 4 nitrogen and oxygen atoms in total. The number of piperidine rings is 1. The fourth-order valence-electron chi connectivity index (χ4n) is 2.56. The number of halogens is 1. The monoisotopic (exact) mass is 295 g/mol. The molecule has 1 aliphatic heterocycles. The Balaban J connectivity index is 2.02. The molecule has 1 amide bonds. The van der Waals surface area contributed by atoms with Crippen LogP contribution >= 0.6 is 11.6 Å². The van der Waals surface area contributed by atoms with E-state index in [1.54, 1.807) is 12.1 Å². The van der Waals surface area contributed by atoms with Crippen molar-refractivity contribution >= 4 is 17.5 Å². The van der Waals surface area contributed by atoms with Crippen LogP contribution in [0.15, 0.2) is 18.3 Å². The summed E-state index contributed by atoms with van der Waals surface area (Å²) in [4.78, 5) is 18.5. The number of carbonyl (C=O) groups is 1. The van der Waals surface area contributed by atoms with Crippen molar-refractivity contribution in [2.24, 2.45) is 0 Å². The van der Waals surface area contributed by atoms with E-state index < -0.39 is 0 Å². The molecule has 1 saturated heterocycles. The number of hydrogen-bond acceptors (Lipinski definition) is 3. The summed E-state index contributed by atoms with van der Waals surface area (Å²) >= 11 is 5.82. The minimum Gasteiger partial charge on any atom is -0.336 e. The molecule has 110 valence electrons. The fourth-order valence-corrected chi connectivity index (χ4v) is 2.67. The molecule has 1 aromatic rings. The van der Waals surface area contributed by atoms with Crippen molar-refractivity contribution in [1.82, 2.24) is 15.2 Å². The van der Waals surface area contributed by atoms with Gasteiger partial charge >= 0.3 is 0 Å². The molecule has 0 radical (unpaired) electrons. The maximum Gasteiger partial charge on any atom is 0.272 e. The second-order valence-corrected chi connectivity index (χ2v) is 5.70. The van der Waals surface area contributed by atoms with Gasteiger partial charge in [-0.2, -0.15) is 0 Å². The molecule has 0 saturated carbocycles. The highest BCUT2D eigenvalue weighted by Gasteiger charge is 2.21. The van der Waals surface area contributed by atoms with Crippen LogP contribution in [0.2, 0.25) is 5.02 Å². The van der Waals surface area contributed by atoms with Gasteiger partial charge in [0.1, 0.15) is 5.69 Å². The lowest BCUT2D eigenvalue weighted by Crippen LogP contribution is -2.46. The first kappa shape index (κ1) is 15.3. The first-order valence-corrected chi connectivity index (χ1v) is 7.72. The third-order valence-electron chi connectivity index (χ3n) is 3.58. The van der Waals surface area contributed by atoms with Crippen molar-refractivity contribution in [2.75, 3.05) is 19.6 Å². The van der Waals surface area contributed by atoms with Crippen LogP contribution in [0.1, 0.15) is 43.1 Å². The van der Waals surface area contributed by atoms with E-state index >= 15 is 0 Å². The van der Waals surface area contributed by atoms with E-state index in [0.717, 1.165) is 32.5 Å². The van der Waals surface area contributed by atoms with Gasteiger partial charge in [0.15, 0.2) is 0 Å². The Morgan fingerprint density at radius 3 is 2.95 bits per heavy atom. The van der Waals surface area contributed by atoms with Gasteiger partial charge in [-0.15, -0.1) is 0 Å². The van der Waals surface area contributed by atoms with Gasteiger partial charge < -0.3 is 10.2 Å². The topological polar surface area (TPSA) is 45.2 Å². The summed E-state index contributed by atoms with van der Waals surface area (Å²) in [6.45, 7) is 4.67. The highest BCUT2D eigenvalue weighted by atomic mass is 35.5. The Morgan fingerprint density at radius 1 is 1.50 bits per heavy atom. The summed E-state index contributed by atoms with van der Waals surface area (Å²) < 4.78 is 0. The Morgan fingerprint density at radius 2 is 2.35 bits per heavy atom. The van der Waals surface area contributed by atoms with Crippen LogP contribution < -0.4 is 5.32 Å². The summed E-state index contributed by atoms with van der Waals surface area (Å²) in [6.07, 6.45) is 6.09. The number of amides is 1. The number of hydrogen-bond donors (Lipinski definition) is 1. The third kappa shape index (κ3) is 4.18. The third-order valence-corrected chi connectivity index (χ3v) is 3.80. The molecule has 1 N–H and O–H groups in total. The zero-order valence-corrected chi connectivity index (χ0v) is 12.7. The van der Waals surface area contributed by atoms with Crippen molar-refractivity contribution in [1.29, 1.82) is 0 Å². The number of nitrogens with zero attached hydrogens (tertiary/aromatic N) is 2. The first-order valence-electron chi connectivity index (χ1n) is 7.35. The Hall–Kier alpha value is -1.13. The molecule has 1 aliphatic rings. The smallest absolute Gasteiger partial charge is 0.272 e. The SMILES string of the molecule is CCCN(CC1CCCCN1)C(=O)c1ccc(Cl)cn1. The summed E-state index contributed by atoms with van der Waals surface area (Å²) in [7, 11) is 0. The molecule has 0 bridgehead atoms. The van der Waals surface area contributed by atoms with Crippen molar-refractivity contribution in [3.63, 3.8) is 0 Å². The van der Waals surface area contributed by atoms with Gasteiger partial charge in [-0.1, -0.05) is 24.9 Å². The molecule has 5 heteroatoms. The van der Waals surface area contributed by atoms with E-state index in [-0.39, 0.29) is 5.91 Å². The van der Waals surface area contributed by atoms with E-state index in [1.807, 2.05) is 4.90 Å². The standard InChI is InChI=1S/C15H22ClN3O/c1-2-9-19(11-13-5-3-4-8-17-13)15(20)14-7-6-12(16)10-18-14/h6-7,10,13,17H,2-5,8-9,11H2,1H3. The van der Waals surface area contributed by atoms with Crippen molar-refractivity contribution in [3.8, 4) is 0 Å². The molecule has 1 unspecified atom stereocenters. The predicted octanol–water partition coefficient (Wildman–Crippen LogP) is 2.73. The highest BCUT2D eigenvalue weighted by molar-refractivity contribution is 6.30. The largest absolute Gasteiger partial charge is 0.336 e. The van der Waals surface area contributed by atoms with Gasteiger partial charge in [0, 0.05) is 25.3 Å². The average molecular weight is 296 g/mol. The lowest BCUT2D eigenvalue weighted by molar-refractivity contribution is 0.0726. The van der Waals surface area contributed by atoms with E-state index in [4.69, 9.17) is 11.6 Å². The molecule has 2 rings (SSSR count). The van der Waals surface area contributed by atoms with Crippen LogP contribution in [0.4, 0.5) is 0 Å². The van der Waals surface area contributed by atoms with Gasteiger partial charge in [0.05, 0.1) is 5.02 Å². The number of aromatic nitrogens is 1. The summed E-state index contributed by atoms with van der Waals surface area (Å²) in [6, 6.07) is 3.82. The van der Waals surface area contributed by atoms with Gasteiger partial charge in [0.2, 0.25) is 0 Å². The van der Waals surface area contributed by atoms with E-state index in [0.29, 0.717) is 16.8 Å². The Kier molecular flexibility index (Phi) is 5.80. The van der Waals surface area contributed by atoms with Gasteiger partial charge in [-0.05, 0) is 37.9 Å². The molecule has 0 spiro atoms. The predicted molar refractivity (Wildman–Crippen MR) is 81.1 cm³/mol. The van der Waals surface area contributed by atoms with Gasteiger partial charge in [-0.3, -0.25) is 4.79 Å². The quantitative estimate of drug-likeness (QED) is 0.908. The van der Waals surface area contributed by atoms with E-state index in [9.17, 15) is 4.79 Å². The molecule has 0 aromatic carbocycles. The van der Waals surface area contributed by atoms with E-state index in [1.165, 1.54) is 19.0 Å². The minimum absolute atomic E-state index is 0.00381. The normalized spacial score (nSPS) is 18.8. The van der Waals surface area contributed by atoms with Crippen LogP contribution in [-0.2, 0) is 0 Å². The van der Waals surface area contributed by atoms with Crippen LogP contribution in [-0.4, -0.2) is 41.5 Å². The Labute approximate surface area is 125 Å². The molecular formula is C15H22ClN3O. The highest BCUT2D eigenvalue weighted by Crippen LogP contribution is 2.12. The molecule has 1 atom stereocenters. The molecule has 0 aliphatic carbocycles. The van der Waals surface area contributed by atoms with Gasteiger partial charge in [0.25, 0.3) is 5.91 Å². The first-order chi connectivity index (χ1) is 9.70. The maximum absolute atomic E-state index is 12.5. The number of nitrogens with one attached hydrogen (secondary N) is 1. The van der Waals surface area contributed by atoms with E-state index in [2.05, 4.69) is 17.2 Å². The van der Waals surface area contributed by atoms with Crippen LogP contribution in [0, 0.1) is 0 Å². The van der Waals surface area contributed by atoms with Crippen molar-refractivity contribution in [2.45, 2.75) is 38.6 Å². The van der Waals surface area contributed by atoms with Gasteiger partial charge in [-0.25, -0.2) is 4.98 Å². The zero-order chi connectivity index (χ0) is 14.4. The van der Waals surface area contributed by atoms with Crippen LogP contribution in [0.5, 0.6) is 0 Å². The fraction of sp³-hybridized carbons (Fsp3) is 0.600. The molecule has 1 aromatic heterocycles. The lowest BCUT2D eigenvalue weighted by Gasteiger charge is -2.30. The van der Waals surface area contributed by atoms with Crippen LogP contribution in [0.25, 0.3) is 0 Å². The van der Waals surface area contributed by atoms with Crippen LogP contribution in [0.3, 0.4) is 0 Å². The Bertz CT molecular complexity index is 429. The molecule has 1 fully saturated rings. The summed E-state index contributed by atoms with van der Waals surface area (Å²) in [5, 5.41) is 4.04. The van der Waals surface area contributed by atoms with Crippen molar-refractivity contribution in [3.05, 3.63) is 29.0 Å². The summed E-state index contributed by atoms with van der Waals surface area (Å²) in [5.74, 6) is -0.00381. The average Bonchev–Trinajstić information content (AvgIpc) is 2.48. The second-order valence-electron chi connectivity index (χ2n) is 5.26. The number of pyridine rings is 1. The second kappa shape index (κ2) is 7.60. The maximum atomic E-state index is 12.5.